The number of aromatic nitrogens is 1. The fraction of sp³-hybridized carbons (Fsp3) is 0.211. The van der Waals surface area contributed by atoms with Crippen LogP contribution in [0.2, 0.25) is 0 Å². The average molecular weight is 414 g/mol. The number of aryl methyl sites for hydroxylation is 1. The van der Waals surface area contributed by atoms with Gasteiger partial charge in [-0.2, -0.15) is 6.42 Å². The van der Waals surface area contributed by atoms with Crippen molar-refractivity contribution in [1.82, 2.24) is 3.97 Å². The fourth-order valence-electron chi connectivity index (χ4n) is 2.32. The summed E-state index contributed by atoms with van der Waals surface area (Å²) in [7, 11) is -3.57. The zero-order valence-corrected chi connectivity index (χ0v) is 17.3. The summed E-state index contributed by atoms with van der Waals surface area (Å²) in [6.07, 6.45) is 2.28. The zero-order valence-electron chi connectivity index (χ0n) is 14.9. The minimum Gasteiger partial charge on any atom is -0.343 e. The van der Waals surface area contributed by atoms with E-state index in [1.807, 2.05) is 24.3 Å². The topological polar surface area (TPSA) is 39.1 Å². The summed E-state index contributed by atoms with van der Waals surface area (Å²) in [5.74, 6) is 0. The van der Waals surface area contributed by atoms with Gasteiger partial charge in [-0.15, -0.1) is 0 Å². The molecule has 25 heavy (non-hydrogen) atoms. The molecule has 0 amide bonds. The van der Waals surface area contributed by atoms with Gasteiger partial charge in [0.2, 0.25) is 0 Å². The first kappa shape index (κ1) is 22.0. The van der Waals surface area contributed by atoms with E-state index in [-0.39, 0.29) is 18.9 Å². The standard InChI is InChI=1S/C15H12BrNO2S.C4H9.Li/c1-11-10-13-14(16)8-5-9-15(13)17(11)20(18,19)12-6-3-2-4-7-12;1-3-4-2;/h2-10H,1H3;1,3-4H2,2H3;/q;-1;+1. The number of halogens is 1. The van der Waals surface area contributed by atoms with Gasteiger partial charge in [-0.25, -0.2) is 12.4 Å². The van der Waals surface area contributed by atoms with E-state index < -0.39 is 10.0 Å². The number of hydrogen-bond acceptors (Lipinski definition) is 2. The number of benzene rings is 2. The first-order chi connectivity index (χ1) is 11.4. The molecule has 1 aromatic heterocycles. The number of hydrogen-bond donors (Lipinski definition) is 0. The molecule has 1 heterocycles. The maximum atomic E-state index is 12.8. The summed E-state index contributed by atoms with van der Waals surface area (Å²) >= 11 is 3.46. The maximum absolute atomic E-state index is 12.8. The molecule has 3 aromatic rings. The molecule has 0 aliphatic rings. The molecule has 0 saturated carbocycles. The molecule has 0 spiro atoms. The summed E-state index contributed by atoms with van der Waals surface area (Å²) in [6, 6.07) is 15.9. The molecular weight excluding hydrogens is 393 g/mol. The Morgan fingerprint density at radius 3 is 2.24 bits per heavy atom. The van der Waals surface area contributed by atoms with Gasteiger partial charge in [0.05, 0.1) is 10.4 Å². The molecule has 0 saturated heterocycles. The molecule has 0 unspecified atom stereocenters. The van der Waals surface area contributed by atoms with Crippen LogP contribution in [0.25, 0.3) is 10.9 Å². The predicted octanol–water partition coefficient (Wildman–Crippen LogP) is 2.57. The van der Waals surface area contributed by atoms with Crippen LogP contribution in [0.5, 0.6) is 0 Å². The molecule has 3 nitrogen and oxygen atoms in total. The predicted molar refractivity (Wildman–Crippen MR) is 104 cm³/mol. The van der Waals surface area contributed by atoms with E-state index in [9.17, 15) is 8.42 Å². The van der Waals surface area contributed by atoms with Gasteiger partial charge < -0.3 is 6.92 Å². The first-order valence-corrected chi connectivity index (χ1v) is 10.0. The monoisotopic (exact) mass is 413 g/mol. The van der Waals surface area contributed by atoms with Crippen molar-refractivity contribution in [2.24, 2.45) is 0 Å². The van der Waals surface area contributed by atoms with Gasteiger partial charge in [0.25, 0.3) is 10.0 Å². The Morgan fingerprint density at radius 2 is 1.68 bits per heavy atom. The van der Waals surface area contributed by atoms with Crippen molar-refractivity contribution in [2.75, 3.05) is 0 Å². The minimum absolute atomic E-state index is 0. The van der Waals surface area contributed by atoms with Crippen molar-refractivity contribution >= 4 is 36.9 Å². The third-order valence-corrected chi connectivity index (χ3v) is 6.08. The molecule has 0 N–H and O–H groups in total. The molecule has 0 aliphatic heterocycles. The number of nitrogens with zero attached hydrogens (tertiary/aromatic N) is 1. The van der Waals surface area contributed by atoms with Crippen LogP contribution in [0.3, 0.4) is 0 Å². The van der Waals surface area contributed by atoms with Gasteiger partial charge in [-0.05, 0) is 37.3 Å². The maximum Gasteiger partial charge on any atom is 1.00 e. The van der Waals surface area contributed by atoms with E-state index in [1.54, 1.807) is 37.3 Å². The SMILES string of the molecule is Cc1cc2c(Br)cccc2n1S(=O)(=O)c1ccccc1.[CH2-]CCC.[Li+]. The van der Waals surface area contributed by atoms with Crippen LogP contribution in [0.1, 0.15) is 25.5 Å². The Morgan fingerprint density at radius 1 is 1.08 bits per heavy atom. The van der Waals surface area contributed by atoms with E-state index in [4.69, 9.17) is 0 Å². The summed E-state index contributed by atoms with van der Waals surface area (Å²) < 4.78 is 27.9. The Balaban J connectivity index is 0.000000568. The molecule has 0 aliphatic carbocycles. The van der Waals surface area contributed by atoms with Crippen LogP contribution in [-0.2, 0) is 10.0 Å². The second-order valence-corrected chi connectivity index (χ2v) is 8.04. The molecule has 0 atom stereocenters. The number of fused-ring (bicyclic) bond motifs is 1. The van der Waals surface area contributed by atoms with Crippen LogP contribution in [0.4, 0.5) is 0 Å². The van der Waals surface area contributed by atoms with E-state index in [1.165, 1.54) is 10.4 Å². The van der Waals surface area contributed by atoms with Crippen molar-refractivity contribution in [3.63, 3.8) is 0 Å². The molecule has 3 rings (SSSR count). The van der Waals surface area contributed by atoms with Crippen molar-refractivity contribution < 1.29 is 27.3 Å². The molecule has 6 heteroatoms. The average Bonchev–Trinajstić information content (AvgIpc) is 2.94. The zero-order chi connectivity index (χ0) is 17.7. The van der Waals surface area contributed by atoms with E-state index in [0.29, 0.717) is 16.1 Å². The molecule has 0 bridgehead atoms. The Kier molecular flexibility index (Phi) is 8.50. The van der Waals surface area contributed by atoms with E-state index in [2.05, 4.69) is 29.8 Å². The molecule has 128 valence electrons. The van der Waals surface area contributed by atoms with Gasteiger partial charge in [0, 0.05) is 15.6 Å². The quantitative estimate of drug-likeness (QED) is 0.488. The van der Waals surface area contributed by atoms with Crippen LogP contribution in [0.15, 0.2) is 64.0 Å². The second kappa shape index (κ2) is 9.64. The van der Waals surface area contributed by atoms with Crippen molar-refractivity contribution in [3.8, 4) is 0 Å². The van der Waals surface area contributed by atoms with Crippen molar-refractivity contribution in [3.05, 3.63) is 71.7 Å². The van der Waals surface area contributed by atoms with Gasteiger partial charge in [-0.3, -0.25) is 0 Å². The third-order valence-electron chi connectivity index (χ3n) is 3.56. The largest absolute Gasteiger partial charge is 1.00 e. The van der Waals surface area contributed by atoms with Crippen LogP contribution < -0.4 is 18.9 Å². The summed E-state index contributed by atoms with van der Waals surface area (Å²) in [6.45, 7) is 7.52. The van der Waals surface area contributed by atoms with Gasteiger partial charge in [0.15, 0.2) is 0 Å². The van der Waals surface area contributed by atoms with Crippen LogP contribution in [0, 0.1) is 13.8 Å². The fourth-order valence-corrected chi connectivity index (χ4v) is 4.35. The Bertz CT molecular complexity index is 919. The molecular formula is C19H21BrLiNO2S. The summed E-state index contributed by atoms with van der Waals surface area (Å²) in [4.78, 5) is 0.292. The van der Waals surface area contributed by atoms with Gasteiger partial charge >= 0.3 is 18.9 Å². The van der Waals surface area contributed by atoms with E-state index in [0.717, 1.165) is 16.3 Å². The van der Waals surface area contributed by atoms with Gasteiger partial charge in [-0.1, -0.05) is 53.5 Å². The first-order valence-electron chi connectivity index (χ1n) is 7.80. The molecule has 2 aromatic carbocycles. The van der Waals surface area contributed by atoms with Crippen LogP contribution in [-0.4, -0.2) is 12.4 Å². The molecule has 0 fully saturated rings. The Hall–Kier alpha value is -0.993. The summed E-state index contributed by atoms with van der Waals surface area (Å²) in [5, 5.41) is 0.893. The Labute approximate surface area is 170 Å². The minimum atomic E-state index is -3.57. The molecule has 0 radical (unpaired) electrons. The van der Waals surface area contributed by atoms with E-state index >= 15 is 0 Å². The van der Waals surface area contributed by atoms with Crippen molar-refractivity contribution in [2.45, 2.75) is 31.6 Å². The number of rotatable bonds is 3. The third kappa shape index (κ3) is 4.80. The van der Waals surface area contributed by atoms with Crippen LogP contribution >= 0.6 is 15.9 Å². The smallest absolute Gasteiger partial charge is 0.343 e. The second-order valence-electron chi connectivity index (χ2n) is 5.39. The number of unbranched alkanes of at least 4 members (excludes halogenated alkanes) is 1. The normalized spacial score (nSPS) is 10.7. The summed E-state index contributed by atoms with van der Waals surface area (Å²) in [5.41, 5.74) is 1.37. The van der Waals surface area contributed by atoms with Crippen molar-refractivity contribution in [1.29, 1.82) is 0 Å². The van der Waals surface area contributed by atoms with Gasteiger partial charge in [0.1, 0.15) is 0 Å².